The van der Waals surface area contributed by atoms with Crippen LogP contribution in [0.2, 0.25) is 5.02 Å². The number of halogens is 1. The summed E-state index contributed by atoms with van der Waals surface area (Å²) in [6.45, 7) is 12.6. The fourth-order valence-electron chi connectivity index (χ4n) is 4.72. The molecule has 0 aromatic heterocycles. The molecule has 4 amide bonds. The third kappa shape index (κ3) is 8.02. The number of benzene rings is 2. The van der Waals surface area contributed by atoms with Gasteiger partial charge < -0.3 is 30.1 Å². The second-order valence-electron chi connectivity index (χ2n) is 11.2. The van der Waals surface area contributed by atoms with E-state index in [-0.39, 0.29) is 24.6 Å². The number of anilines is 3. The SMILES string of the molecule is Cc1cccc(Cl)c1NC(=O)N1CCN(c2ccc(NC(=O)CN3CCN(C(=O)OC(C)(C)C)CC3)cc2)CC1. The topological polar surface area (TPSA) is 97.5 Å². The van der Waals surface area contributed by atoms with Gasteiger partial charge in [-0.1, -0.05) is 23.7 Å². The van der Waals surface area contributed by atoms with Crippen molar-refractivity contribution in [2.24, 2.45) is 0 Å². The summed E-state index contributed by atoms with van der Waals surface area (Å²) in [6, 6.07) is 13.2. The zero-order chi connectivity index (χ0) is 28.9. The quantitative estimate of drug-likeness (QED) is 0.550. The Bertz CT molecular complexity index is 1180. The highest BCUT2D eigenvalue weighted by atomic mass is 35.5. The molecule has 2 aliphatic heterocycles. The predicted molar refractivity (Wildman–Crippen MR) is 158 cm³/mol. The van der Waals surface area contributed by atoms with Gasteiger partial charge in [0.15, 0.2) is 0 Å². The van der Waals surface area contributed by atoms with Crippen molar-refractivity contribution in [3.63, 3.8) is 0 Å². The molecule has 216 valence electrons. The van der Waals surface area contributed by atoms with Gasteiger partial charge in [0.1, 0.15) is 5.60 Å². The molecule has 0 radical (unpaired) electrons. The predicted octanol–water partition coefficient (Wildman–Crippen LogP) is 4.49. The first kappa shape index (κ1) is 29.5. The van der Waals surface area contributed by atoms with Crippen LogP contribution in [0.3, 0.4) is 0 Å². The Morgan fingerprint density at radius 3 is 2.08 bits per heavy atom. The highest BCUT2D eigenvalue weighted by molar-refractivity contribution is 6.33. The molecule has 4 rings (SSSR count). The third-order valence-electron chi connectivity index (χ3n) is 6.93. The number of rotatable bonds is 5. The summed E-state index contributed by atoms with van der Waals surface area (Å²) in [7, 11) is 0. The normalized spacial score (nSPS) is 16.5. The zero-order valence-corrected chi connectivity index (χ0v) is 24.5. The van der Waals surface area contributed by atoms with Gasteiger partial charge in [0.25, 0.3) is 0 Å². The summed E-state index contributed by atoms with van der Waals surface area (Å²) in [4.78, 5) is 45.4. The van der Waals surface area contributed by atoms with E-state index in [0.717, 1.165) is 16.9 Å². The van der Waals surface area contributed by atoms with Crippen LogP contribution in [0.5, 0.6) is 0 Å². The van der Waals surface area contributed by atoms with Crippen LogP contribution in [0.15, 0.2) is 42.5 Å². The third-order valence-corrected chi connectivity index (χ3v) is 7.24. The van der Waals surface area contributed by atoms with Crippen molar-refractivity contribution in [3.05, 3.63) is 53.1 Å². The Hall–Kier alpha value is -3.50. The second kappa shape index (κ2) is 12.8. The standard InChI is InChI=1S/C29H39ClN6O4/c1-21-6-5-7-24(30)26(21)32-27(38)35-18-16-34(17-19-35)23-10-8-22(9-11-23)31-25(37)20-33-12-14-36(15-13-33)28(39)40-29(2,3)4/h5-11H,12-20H2,1-4H3,(H,31,37)(H,32,38). The van der Waals surface area contributed by atoms with Crippen LogP contribution in [0, 0.1) is 6.92 Å². The first-order chi connectivity index (χ1) is 19.0. The lowest BCUT2D eigenvalue weighted by molar-refractivity contribution is -0.117. The first-order valence-electron chi connectivity index (χ1n) is 13.6. The molecule has 2 aromatic carbocycles. The fraction of sp³-hybridized carbons (Fsp3) is 0.483. The molecule has 2 N–H and O–H groups in total. The van der Waals surface area contributed by atoms with Crippen LogP contribution >= 0.6 is 11.6 Å². The molecule has 0 unspecified atom stereocenters. The second-order valence-corrected chi connectivity index (χ2v) is 11.6. The van der Waals surface area contributed by atoms with Crippen LogP contribution in [-0.4, -0.2) is 97.2 Å². The lowest BCUT2D eigenvalue weighted by atomic mass is 10.2. The van der Waals surface area contributed by atoms with Crippen LogP contribution < -0.4 is 15.5 Å². The molecule has 2 aliphatic rings. The summed E-state index contributed by atoms with van der Waals surface area (Å²) in [6.07, 6.45) is -0.312. The van der Waals surface area contributed by atoms with E-state index in [1.165, 1.54) is 0 Å². The van der Waals surface area contributed by atoms with Gasteiger partial charge in [-0.05, 0) is 63.6 Å². The highest BCUT2D eigenvalue weighted by Gasteiger charge is 2.27. The molecule has 10 nitrogen and oxygen atoms in total. The number of hydrogen-bond acceptors (Lipinski definition) is 6. The molecule has 2 aromatic rings. The van der Waals surface area contributed by atoms with Crippen molar-refractivity contribution >= 4 is 46.7 Å². The average Bonchev–Trinajstić information content (AvgIpc) is 2.91. The summed E-state index contributed by atoms with van der Waals surface area (Å²) in [5, 5.41) is 6.43. The van der Waals surface area contributed by atoms with Crippen molar-refractivity contribution in [3.8, 4) is 0 Å². The summed E-state index contributed by atoms with van der Waals surface area (Å²) in [5.41, 5.74) is 2.82. The average molecular weight is 571 g/mol. The van der Waals surface area contributed by atoms with Crippen LogP contribution in [0.1, 0.15) is 26.3 Å². The van der Waals surface area contributed by atoms with Gasteiger partial charge in [-0.25, -0.2) is 9.59 Å². The number of nitrogens with one attached hydrogen (secondary N) is 2. The minimum absolute atomic E-state index is 0.0909. The van der Waals surface area contributed by atoms with Gasteiger partial charge in [-0.3, -0.25) is 9.69 Å². The summed E-state index contributed by atoms with van der Waals surface area (Å²) >= 11 is 6.25. The number of urea groups is 1. The molecule has 40 heavy (non-hydrogen) atoms. The van der Waals surface area contributed by atoms with E-state index in [4.69, 9.17) is 16.3 Å². The van der Waals surface area contributed by atoms with E-state index in [2.05, 4.69) is 15.5 Å². The number of hydrogen-bond donors (Lipinski definition) is 2. The van der Waals surface area contributed by atoms with Gasteiger partial charge >= 0.3 is 12.1 Å². The first-order valence-corrected chi connectivity index (χ1v) is 14.0. The number of nitrogens with zero attached hydrogens (tertiary/aromatic N) is 4. The maximum Gasteiger partial charge on any atom is 0.410 e. The van der Waals surface area contributed by atoms with E-state index in [1.54, 1.807) is 15.9 Å². The van der Waals surface area contributed by atoms with Crippen molar-refractivity contribution in [2.45, 2.75) is 33.3 Å². The summed E-state index contributed by atoms with van der Waals surface area (Å²) < 4.78 is 5.43. The molecule has 0 bridgehead atoms. The zero-order valence-electron chi connectivity index (χ0n) is 23.7. The van der Waals surface area contributed by atoms with Crippen LogP contribution in [0.4, 0.5) is 26.7 Å². The molecule has 2 fully saturated rings. The Kier molecular flexibility index (Phi) is 9.42. The van der Waals surface area contributed by atoms with Gasteiger partial charge in [-0.2, -0.15) is 0 Å². The Morgan fingerprint density at radius 2 is 1.48 bits per heavy atom. The number of piperazine rings is 2. The number of para-hydroxylation sites is 1. The molecular weight excluding hydrogens is 532 g/mol. The van der Waals surface area contributed by atoms with Crippen molar-refractivity contribution < 1.29 is 19.1 Å². The molecule has 0 saturated carbocycles. The van der Waals surface area contributed by atoms with Crippen molar-refractivity contribution in [1.29, 1.82) is 0 Å². The van der Waals surface area contributed by atoms with E-state index >= 15 is 0 Å². The lowest BCUT2D eigenvalue weighted by Crippen LogP contribution is -2.51. The lowest BCUT2D eigenvalue weighted by Gasteiger charge is -2.36. The van der Waals surface area contributed by atoms with E-state index in [1.807, 2.05) is 69.0 Å². The fourth-order valence-corrected chi connectivity index (χ4v) is 4.99. The molecule has 0 aliphatic carbocycles. The molecule has 0 atom stereocenters. The van der Waals surface area contributed by atoms with Crippen molar-refractivity contribution in [1.82, 2.24) is 14.7 Å². The van der Waals surface area contributed by atoms with Gasteiger partial charge in [0.2, 0.25) is 5.91 Å². The number of ether oxygens (including phenoxy) is 1. The molecule has 0 spiro atoms. The van der Waals surface area contributed by atoms with Crippen LogP contribution in [0.25, 0.3) is 0 Å². The van der Waals surface area contributed by atoms with E-state index in [0.29, 0.717) is 63.1 Å². The maximum absolute atomic E-state index is 12.8. The molecular formula is C29H39ClN6O4. The Labute approximate surface area is 241 Å². The van der Waals surface area contributed by atoms with Gasteiger partial charge in [0, 0.05) is 63.7 Å². The maximum atomic E-state index is 12.8. The Morgan fingerprint density at radius 1 is 0.850 bits per heavy atom. The van der Waals surface area contributed by atoms with E-state index < -0.39 is 5.60 Å². The minimum atomic E-state index is -0.522. The largest absolute Gasteiger partial charge is 0.444 e. The number of amides is 4. The monoisotopic (exact) mass is 570 g/mol. The van der Waals surface area contributed by atoms with Gasteiger partial charge in [-0.15, -0.1) is 0 Å². The van der Waals surface area contributed by atoms with Crippen LogP contribution in [-0.2, 0) is 9.53 Å². The molecule has 2 heterocycles. The highest BCUT2D eigenvalue weighted by Crippen LogP contribution is 2.26. The number of aryl methyl sites for hydroxylation is 1. The van der Waals surface area contributed by atoms with Crippen molar-refractivity contribution in [2.75, 3.05) is 74.4 Å². The molecule has 2 saturated heterocycles. The number of carbonyl (C=O) groups is 3. The molecule has 11 heteroatoms. The summed E-state index contributed by atoms with van der Waals surface area (Å²) in [5.74, 6) is -0.0909. The number of carbonyl (C=O) groups excluding carboxylic acids is 3. The minimum Gasteiger partial charge on any atom is -0.444 e. The smallest absolute Gasteiger partial charge is 0.410 e. The van der Waals surface area contributed by atoms with Gasteiger partial charge in [0.05, 0.1) is 17.3 Å². The van der Waals surface area contributed by atoms with E-state index in [9.17, 15) is 14.4 Å². The Balaban J connectivity index is 1.19.